The number of hydrogen-bond acceptors (Lipinski definition) is 4. The standard InChI is InChI=1S/C13H14F2N4O2/c1-9-7-10(3-4-11(9)19(20)21)16-8-12(13(14)15)18-6-2-5-17-18/h2-7,12-13,16H,8H2,1H3. The van der Waals surface area contributed by atoms with Crippen LogP contribution in [0, 0.1) is 17.0 Å². The first kappa shape index (κ1) is 14.9. The second-order valence-electron chi connectivity index (χ2n) is 4.53. The molecule has 0 bridgehead atoms. The van der Waals surface area contributed by atoms with Crippen LogP contribution in [0.5, 0.6) is 0 Å². The second-order valence-corrected chi connectivity index (χ2v) is 4.53. The Bertz CT molecular complexity index is 617. The van der Waals surface area contributed by atoms with E-state index >= 15 is 0 Å². The Morgan fingerprint density at radius 1 is 1.48 bits per heavy atom. The zero-order valence-corrected chi connectivity index (χ0v) is 11.2. The molecular weight excluding hydrogens is 282 g/mol. The van der Waals surface area contributed by atoms with E-state index in [9.17, 15) is 18.9 Å². The van der Waals surface area contributed by atoms with E-state index < -0.39 is 17.4 Å². The Hall–Kier alpha value is -2.51. The van der Waals surface area contributed by atoms with Gasteiger partial charge in [0.25, 0.3) is 12.1 Å². The summed E-state index contributed by atoms with van der Waals surface area (Å²) in [4.78, 5) is 10.2. The van der Waals surface area contributed by atoms with Crippen molar-refractivity contribution in [2.75, 3.05) is 11.9 Å². The fraction of sp³-hybridized carbons (Fsp3) is 0.308. The maximum absolute atomic E-state index is 13.0. The summed E-state index contributed by atoms with van der Waals surface area (Å²) in [5.41, 5.74) is 1.02. The molecule has 2 rings (SSSR count). The van der Waals surface area contributed by atoms with Gasteiger partial charge in [-0.15, -0.1) is 0 Å². The molecular formula is C13H14F2N4O2. The Morgan fingerprint density at radius 2 is 2.24 bits per heavy atom. The first-order valence-corrected chi connectivity index (χ1v) is 6.25. The van der Waals surface area contributed by atoms with Crippen molar-refractivity contribution in [3.63, 3.8) is 0 Å². The number of aromatic nitrogens is 2. The van der Waals surface area contributed by atoms with Crippen molar-refractivity contribution in [1.82, 2.24) is 9.78 Å². The summed E-state index contributed by atoms with van der Waals surface area (Å²) in [7, 11) is 0. The summed E-state index contributed by atoms with van der Waals surface area (Å²) in [6, 6.07) is 4.88. The predicted molar refractivity (Wildman–Crippen MR) is 73.6 cm³/mol. The number of nitrogens with zero attached hydrogens (tertiary/aromatic N) is 3. The average molecular weight is 296 g/mol. The quantitative estimate of drug-likeness (QED) is 0.657. The van der Waals surface area contributed by atoms with Gasteiger partial charge >= 0.3 is 0 Å². The number of alkyl halides is 2. The van der Waals surface area contributed by atoms with Crippen molar-refractivity contribution in [3.8, 4) is 0 Å². The molecule has 0 radical (unpaired) electrons. The van der Waals surface area contributed by atoms with E-state index in [0.29, 0.717) is 11.3 Å². The molecule has 1 N–H and O–H groups in total. The lowest BCUT2D eigenvalue weighted by molar-refractivity contribution is -0.385. The topological polar surface area (TPSA) is 73.0 Å². The molecule has 0 spiro atoms. The van der Waals surface area contributed by atoms with Crippen molar-refractivity contribution in [3.05, 3.63) is 52.3 Å². The lowest BCUT2D eigenvalue weighted by atomic mass is 10.2. The molecule has 0 saturated carbocycles. The number of nitro benzene ring substituents is 1. The van der Waals surface area contributed by atoms with E-state index in [-0.39, 0.29) is 12.2 Å². The van der Waals surface area contributed by atoms with Gasteiger partial charge in [-0.1, -0.05) is 0 Å². The summed E-state index contributed by atoms with van der Waals surface area (Å²) >= 11 is 0. The summed E-state index contributed by atoms with van der Waals surface area (Å²) in [5.74, 6) is 0. The first-order chi connectivity index (χ1) is 9.99. The third kappa shape index (κ3) is 3.53. The van der Waals surface area contributed by atoms with E-state index in [2.05, 4.69) is 10.4 Å². The normalized spacial score (nSPS) is 12.4. The van der Waals surface area contributed by atoms with Gasteiger partial charge in [0.1, 0.15) is 6.04 Å². The van der Waals surface area contributed by atoms with Gasteiger partial charge in [-0.3, -0.25) is 14.8 Å². The number of halogens is 2. The lowest BCUT2D eigenvalue weighted by Gasteiger charge is -2.18. The molecule has 0 amide bonds. The van der Waals surface area contributed by atoms with Crippen LogP contribution in [0.1, 0.15) is 11.6 Å². The zero-order valence-electron chi connectivity index (χ0n) is 11.2. The van der Waals surface area contributed by atoms with Crippen LogP contribution < -0.4 is 5.32 Å². The van der Waals surface area contributed by atoms with Gasteiger partial charge in [-0.05, 0) is 25.1 Å². The molecule has 112 valence electrons. The Balaban J connectivity index is 2.08. The zero-order chi connectivity index (χ0) is 15.4. The molecule has 1 aromatic heterocycles. The summed E-state index contributed by atoms with van der Waals surface area (Å²) in [5, 5.41) is 17.4. The second kappa shape index (κ2) is 6.29. The van der Waals surface area contributed by atoms with Crippen LogP contribution in [0.4, 0.5) is 20.2 Å². The summed E-state index contributed by atoms with van der Waals surface area (Å²) in [6.45, 7) is 1.57. The SMILES string of the molecule is Cc1cc(NCC(C(F)F)n2cccn2)ccc1[N+](=O)[O-]. The molecule has 1 atom stereocenters. The fourth-order valence-electron chi connectivity index (χ4n) is 1.97. The van der Waals surface area contributed by atoms with E-state index in [4.69, 9.17) is 0 Å². The first-order valence-electron chi connectivity index (χ1n) is 6.25. The van der Waals surface area contributed by atoms with Crippen LogP contribution in [0.25, 0.3) is 0 Å². The van der Waals surface area contributed by atoms with Crippen LogP contribution in [0.2, 0.25) is 0 Å². The molecule has 2 aromatic rings. The number of hydrogen-bond donors (Lipinski definition) is 1. The van der Waals surface area contributed by atoms with Crippen LogP contribution in [-0.2, 0) is 0 Å². The van der Waals surface area contributed by atoms with Gasteiger partial charge in [0.15, 0.2) is 0 Å². The number of aryl methyl sites for hydroxylation is 1. The summed E-state index contributed by atoms with van der Waals surface area (Å²) in [6.07, 6.45) is 0.335. The number of nitro groups is 1. The third-order valence-electron chi connectivity index (χ3n) is 3.06. The highest BCUT2D eigenvalue weighted by Crippen LogP contribution is 2.23. The number of rotatable bonds is 6. The number of nitrogens with one attached hydrogen (secondary N) is 1. The molecule has 1 unspecified atom stereocenters. The highest BCUT2D eigenvalue weighted by molar-refractivity contribution is 5.53. The largest absolute Gasteiger partial charge is 0.383 e. The van der Waals surface area contributed by atoms with Crippen LogP contribution >= 0.6 is 0 Å². The van der Waals surface area contributed by atoms with E-state index in [1.165, 1.54) is 29.2 Å². The molecule has 6 nitrogen and oxygen atoms in total. The maximum atomic E-state index is 13.0. The molecule has 0 aliphatic carbocycles. The van der Waals surface area contributed by atoms with Gasteiger partial charge in [-0.25, -0.2) is 8.78 Å². The van der Waals surface area contributed by atoms with Crippen LogP contribution in [0.3, 0.4) is 0 Å². The van der Waals surface area contributed by atoms with Crippen molar-refractivity contribution in [1.29, 1.82) is 0 Å². The van der Waals surface area contributed by atoms with Crippen molar-refractivity contribution in [2.24, 2.45) is 0 Å². The maximum Gasteiger partial charge on any atom is 0.272 e. The van der Waals surface area contributed by atoms with E-state index in [0.717, 1.165) is 0 Å². The van der Waals surface area contributed by atoms with Gasteiger partial charge < -0.3 is 5.32 Å². The Labute approximate surface area is 119 Å². The Morgan fingerprint density at radius 3 is 2.76 bits per heavy atom. The van der Waals surface area contributed by atoms with Gasteiger partial charge in [0, 0.05) is 36.3 Å². The molecule has 0 aliphatic heterocycles. The smallest absolute Gasteiger partial charge is 0.272 e. The third-order valence-corrected chi connectivity index (χ3v) is 3.06. The fourth-order valence-corrected chi connectivity index (χ4v) is 1.97. The monoisotopic (exact) mass is 296 g/mol. The van der Waals surface area contributed by atoms with Crippen LogP contribution in [0.15, 0.2) is 36.7 Å². The summed E-state index contributed by atoms with van der Waals surface area (Å²) < 4.78 is 27.2. The molecule has 0 aliphatic rings. The molecule has 21 heavy (non-hydrogen) atoms. The molecule has 0 saturated heterocycles. The highest BCUT2D eigenvalue weighted by Gasteiger charge is 2.22. The predicted octanol–water partition coefficient (Wildman–Crippen LogP) is 3.02. The number of benzene rings is 1. The Kier molecular flexibility index (Phi) is 4.46. The average Bonchev–Trinajstić information content (AvgIpc) is 2.92. The molecule has 1 heterocycles. The van der Waals surface area contributed by atoms with Gasteiger partial charge in [-0.2, -0.15) is 5.10 Å². The minimum atomic E-state index is -2.57. The minimum absolute atomic E-state index is 0.00182. The van der Waals surface area contributed by atoms with E-state index in [1.54, 1.807) is 19.1 Å². The highest BCUT2D eigenvalue weighted by atomic mass is 19.3. The molecule has 1 aromatic carbocycles. The molecule has 0 fully saturated rings. The lowest BCUT2D eigenvalue weighted by Crippen LogP contribution is -2.25. The van der Waals surface area contributed by atoms with Crippen molar-refractivity contribution < 1.29 is 13.7 Å². The minimum Gasteiger partial charge on any atom is -0.383 e. The van der Waals surface area contributed by atoms with Crippen molar-refractivity contribution in [2.45, 2.75) is 19.4 Å². The molecule has 8 heteroatoms. The van der Waals surface area contributed by atoms with E-state index in [1.807, 2.05) is 0 Å². The van der Waals surface area contributed by atoms with Gasteiger partial charge in [0.2, 0.25) is 0 Å². The van der Waals surface area contributed by atoms with Gasteiger partial charge in [0.05, 0.1) is 4.92 Å². The number of anilines is 1. The van der Waals surface area contributed by atoms with Crippen LogP contribution in [-0.4, -0.2) is 27.7 Å². The van der Waals surface area contributed by atoms with Crippen molar-refractivity contribution >= 4 is 11.4 Å².